The maximum absolute atomic E-state index is 5.27. The van der Waals surface area contributed by atoms with E-state index in [-0.39, 0.29) is 6.04 Å². The van der Waals surface area contributed by atoms with Crippen molar-refractivity contribution in [3.8, 4) is 0 Å². The van der Waals surface area contributed by atoms with E-state index in [1.165, 1.54) is 4.90 Å². The van der Waals surface area contributed by atoms with E-state index < -0.39 is 0 Å². The van der Waals surface area contributed by atoms with Crippen LogP contribution in [-0.2, 0) is 5.75 Å². The summed E-state index contributed by atoms with van der Waals surface area (Å²) in [6.07, 6.45) is 1.09. The lowest BCUT2D eigenvalue weighted by molar-refractivity contribution is 0.337. The molecule has 2 aromatic rings. The number of aromatic nitrogens is 2. The van der Waals surface area contributed by atoms with Crippen LogP contribution in [-0.4, -0.2) is 16.7 Å². The Morgan fingerprint density at radius 1 is 1.32 bits per heavy atom. The number of benzene rings is 1. The van der Waals surface area contributed by atoms with Crippen molar-refractivity contribution in [2.24, 2.45) is 0 Å². The molecule has 1 N–H and O–H groups in total. The number of hydrogen-bond donors (Lipinski definition) is 1. The van der Waals surface area contributed by atoms with Gasteiger partial charge in [0.05, 0.1) is 11.8 Å². The molecule has 0 radical (unpaired) electrons. The lowest BCUT2D eigenvalue weighted by Crippen LogP contribution is -2.19. The minimum atomic E-state index is 0.114. The summed E-state index contributed by atoms with van der Waals surface area (Å²) in [6, 6.07) is 10.3. The molecule has 2 rings (SSSR count). The van der Waals surface area contributed by atoms with Crippen LogP contribution in [0.15, 0.2) is 39.8 Å². The molecule has 0 spiro atoms. The molecule has 1 aromatic carbocycles. The zero-order valence-electron chi connectivity index (χ0n) is 11.3. The van der Waals surface area contributed by atoms with Crippen molar-refractivity contribution < 1.29 is 4.52 Å². The molecule has 102 valence electrons. The van der Waals surface area contributed by atoms with Crippen LogP contribution in [0.1, 0.15) is 38.0 Å². The van der Waals surface area contributed by atoms with E-state index in [2.05, 4.69) is 34.5 Å². The molecule has 19 heavy (non-hydrogen) atoms. The summed E-state index contributed by atoms with van der Waals surface area (Å²) in [5.41, 5.74) is 0. The molecule has 0 aliphatic rings. The van der Waals surface area contributed by atoms with E-state index in [1.807, 2.05) is 25.1 Å². The normalized spacial score (nSPS) is 12.5. The first kappa shape index (κ1) is 14.1. The fraction of sp³-hybridized carbons (Fsp3) is 0.429. The molecular formula is C14H19N3OS. The molecule has 0 amide bonds. The third-order valence-corrected chi connectivity index (χ3v) is 3.67. The van der Waals surface area contributed by atoms with E-state index in [9.17, 15) is 0 Å². The van der Waals surface area contributed by atoms with Gasteiger partial charge in [-0.3, -0.25) is 0 Å². The highest BCUT2D eigenvalue weighted by Crippen LogP contribution is 2.21. The first-order valence-electron chi connectivity index (χ1n) is 6.53. The quantitative estimate of drug-likeness (QED) is 0.786. The predicted molar refractivity (Wildman–Crippen MR) is 77.0 cm³/mol. The van der Waals surface area contributed by atoms with Crippen molar-refractivity contribution >= 4 is 11.8 Å². The molecule has 0 saturated carbocycles. The second-order valence-electron chi connectivity index (χ2n) is 4.33. The van der Waals surface area contributed by atoms with E-state index in [0.717, 1.165) is 24.5 Å². The van der Waals surface area contributed by atoms with Gasteiger partial charge in [0, 0.05) is 4.90 Å². The predicted octanol–water partition coefficient (Wildman–Crippen LogP) is 3.42. The number of thioether (sulfide) groups is 1. The highest BCUT2D eigenvalue weighted by atomic mass is 32.2. The van der Waals surface area contributed by atoms with Gasteiger partial charge in [-0.15, -0.1) is 11.8 Å². The molecule has 0 aliphatic carbocycles. The average Bonchev–Trinajstić information content (AvgIpc) is 2.92. The van der Waals surface area contributed by atoms with Gasteiger partial charge in [-0.05, 0) is 32.0 Å². The monoisotopic (exact) mass is 277 g/mol. The maximum atomic E-state index is 5.27. The minimum absolute atomic E-state index is 0.114. The van der Waals surface area contributed by atoms with Gasteiger partial charge in [-0.25, -0.2) is 0 Å². The molecule has 1 heterocycles. The van der Waals surface area contributed by atoms with E-state index >= 15 is 0 Å². The Hall–Kier alpha value is -1.33. The van der Waals surface area contributed by atoms with Crippen LogP contribution in [0.5, 0.6) is 0 Å². The van der Waals surface area contributed by atoms with Crippen molar-refractivity contribution in [1.29, 1.82) is 0 Å². The van der Waals surface area contributed by atoms with Crippen LogP contribution >= 0.6 is 11.8 Å². The molecule has 4 nitrogen and oxygen atoms in total. The van der Waals surface area contributed by atoms with E-state index in [4.69, 9.17) is 4.52 Å². The van der Waals surface area contributed by atoms with Crippen LogP contribution in [0.3, 0.4) is 0 Å². The summed E-state index contributed by atoms with van der Waals surface area (Å²) in [6.45, 7) is 5.13. The summed E-state index contributed by atoms with van der Waals surface area (Å²) in [5.74, 6) is 2.14. The van der Waals surface area contributed by atoms with Gasteiger partial charge in [0.1, 0.15) is 0 Å². The summed E-state index contributed by atoms with van der Waals surface area (Å²) < 4.78 is 5.27. The highest BCUT2D eigenvalue weighted by Gasteiger charge is 2.13. The molecule has 1 aromatic heterocycles. The van der Waals surface area contributed by atoms with Gasteiger partial charge in [0.25, 0.3) is 0 Å². The molecule has 0 saturated heterocycles. The zero-order valence-corrected chi connectivity index (χ0v) is 12.1. The Kier molecular flexibility index (Phi) is 5.42. The van der Waals surface area contributed by atoms with Crippen molar-refractivity contribution in [3.63, 3.8) is 0 Å². The Bertz CT molecular complexity index is 486. The summed E-state index contributed by atoms with van der Waals surface area (Å²) >= 11 is 1.71. The third-order valence-electron chi connectivity index (χ3n) is 2.67. The number of hydrogen-bond acceptors (Lipinski definition) is 5. The van der Waals surface area contributed by atoms with E-state index in [0.29, 0.717) is 5.89 Å². The standard InChI is InChI=1S/C14H19N3OS/c1-3-9-15-11(2)14-16-13(17-18-14)10-19-12-7-5-4-6-8-12/h4-8,11,15H,3,9-10H2,1-2H3. The molecular weight excluding hydrogens is 258 g/mol. The van der Waals surface area contributed by atoms with Crippen molar-refractivity contribution in [2.75, 3.05) is 6.54 Å². The second-order valence-corrected chi connectivity index (χ2v) is 5.38. The molecule has 1 unspecified atom stereocenters. The molecule has 0 aliphatic heterocycles. The van der Waals surface area contributed by atoms with Gasteiger partial charge in [-0.2, -0.15) is 4.98 Å². The smallest absolute Gasteiger partial charge is 0.243 e. The van der Waals surface area contributed by atoms with Gasteiger partial charge >= 0.3 is 0 Å². The molecule has 5 heteroatoms. The van der Waals surface area contributed by atoms with Crippen molar-refractivity contribution in [3.05, 3.63) is 42.0 Å². The van der Waals surface area contributed by atoms with Gasteiger partial charge in [0.2, 0.25) is 5.89 Å². The average molecular weight is 277 g/mol. The summed E-state index contributed by atoms with van der Waals surface area (Å²) in [5, 5.41) is 7.35. The topological polar surface area (TPSA) is 51.0 Å². The van der Waals surface area contributed by atoms with Crippen LogP contribution in [0.4, 0.5) is 0 Å². The number of rotatable bonds is 7. The molecule has 0 bridgehead atoms. The lowest BCUT2D eigenvalue weighted by atomic mass is 10.3. The zero-order chi connectivity index (χ0) is 13.5. The van der Waals surface area contributed by atoms with Crippen molar-refractivity contribution in [2.45, 2.75) is 37.0 Å². The van der Waals surface area contributed by atoms with Crippen LogP contribution in [0.25, 0.3) is 0 Å². The Morgan fingerprint density at radius 3 is 2.84 bits per heavy atom. The first-order chi connectivity index (χ1) is 9.29. The van der Waals surface area contributed by atoms with Crippen molar-refractivity contribution in [1.82, 2.24) is 15.5 Å². The minimum Gasteiger partial charge on any atom is -0.338 e. The first-order valence-corrected chi connectivity index (χ1v) is 7.52. The lowest BCUT2D eigenvalue weighted by Gasteiger charge is -2.06. The van der Waals surface area contributed by atoms with E-state index in [1.54, 1.807) is 11.8 Å². The molecule has 1 atom stereocenters. The fourth-order valence-corrected chi connectivity index (χ4v) is 2.38. The van der Waals surface area contributed by atoms with Crippen LogP contribution in [0.2, 0.25) is 0 Å². The van der Waals surface area contributed by atoms with Gasteiger partial charge in [0.15, 0.2) is 5.82 Å². The van der Waals surface area contributed by atoms with Gasteiger partial charge < -0.3 is 9.84 Å². The molecule has 0 fully saturated rings. The SMILES string of the molecule is CCCNC(C)c1nc(CSc2ccccc2)no1. The highest BCUT2D eigenvalue weighted by molar-refractivity contribution is 7.98. The van der Waals surface area contributed by atoms with Crippen LogP contribution in [0, 0.1) is 0 Å². The largest absolute Gasteiger partial charge is 0.338 e. The Morgan fingerprint density at radius 2 is 2.11 bits per heavy atom. The fourth-order valence-electron chi connectivity index (χ4n) is 1.61. The maximum Gasteiger partial charge on any atom is 0.243 e. The van der Waals surface area contributed by atoms with Gasteiger partial charge in [-0.1, -0.05) is 30.3 Å². The summed E-state index contributed by atoms with van der Waals surface area (Å²) in [4.78, 5) is 5.63. The van der Waals surface area contributed by atoms with Crippen LogP contribution < -0.4 is 5.32 Å². The second kappa shape index (κ2) is 7.31. The Labute approximate surface area is 118 Å². The third kappa shape index (κ3) is 4.36. The number of nitrogens with one attached hydrogen (secondary N) is 1. The number of nitrogens with zero attached hydrogens (tertiary/aromatic N) is 2. The summed E-state index contributed by atoms with van der Waals surface area (Å²) in [7, 11) is 0. The Balaban J connectivity index is 1.87.